The second kappa shape index (κ2) is 4.81. The molecule has 0 radical (unpaired) electrons. The van der Waals surface area contributed by atoms with Crippen molar-refractivity contribution < 1.29 is 17.2 Å². The highest BCUT2D eigenvalue weighted by Gasteiger charge is 2.45. The van der Waals surface area contributed by atoms with Crippen LogP contribution in [0.15, 0.2) is 23.1 Å². The standard InChI is InChI=1S/C12H16F2N2O2S/c1-2-5-12(15)7-16(8-12)19(17,18)11-4-3-9(13)6-10(11)14/h3-4,6H,2,5,7-8,15H2,1H3. The number of sulfonamides is 1. The normalized spacial score (nSPS) is 19.2. The van der Waals surface area contributed by atoms with Crippen LogP contribution in [0.2, 0.25) is 0 Å². The van der Waals surface area contributed by atoms with E-state index in [1.165, 1.54) is 0 Å². The smallest absolute Gasteiger partial charge is 0.246 e. The van der Waals surface area contributed by atoms with Gasteiger partial charge in [0.2, 0.25) is 10.0 Å². The van der Waals surface area contributed by atoms with E-state index in [-0.39, 0.29) is 13.1 Å². The molecule has 7 heteroatoms. The van der Waals surface area contributed by atoms with Gasteiger partial charge in [-0.25, -0.2) is 17.2 Å². The first kappa shape index (κ1) is 14.4. The van der Waals surface area contributed by atoms with E-state index in [0.29, 0.717) is 12.5 Å². The van der Waals surface area contributed by atoms with Crippen LogP contribution in [0.1, 0.15) is 19.8 Å². The lowest BCUT2D eigenvalue weighted by Crippen LogP contribution is -2.68. The van der Waals surface area contributed by atoms with Crippen molar-refractivity contribution in [2.24, 2.45) is 5.73 Å². The Bertz CT molecular complexity index is 583. The van der Waals surface area contributed by atoms with Gasteiger partial charge in [0.1, 0.15) is 16.5 Å². The minimum absolute atomic E-state index is 0.167. The molecule has 106 valence electrons. The van der Waals surface area contributed by atoms with E-state index < -0.39 is 32.1 Å². The Kier molecular flexibility index (Phi) is 3.63. The molecule has 1 aliphatic rings. The van der Waals surface area contributed by atoms with Crippen LogP contribution in [0, 0.1) is 11.6 Å². The monoisotopic (exact) mass is 290 g/mol. The van der Waals surface area contributed by atoms with Gasteiger partial charge in [-0.2, -0.15) is 4.31 Å². The van der Waals surface area contributed by atoms with Crippen LogP contribution in [-0.2, 0) is 10.0 Å². The van der Waals surface area contributed by atoms with Gasteiger partial charge < -0.3 is 5.73 Å². The predicted octanol–water partition coefficient (Wildman–Crippen LogP) is 1.47. The second-order valence-corrected chi connectivity index (χ2v) is 6.87. The Labute approximate surface area is 111 Å². The van der Waals surface area contributed by atoms with Gasteiger partial charge >= 0.3 is 0 Å². The first-order valence-corrected chi connectivity index (χ1v) is 7.46. The Morgan fingerprint density at radius 3 is 2.53 bits per heavy atom. The molecule has 0 aliphatic carbocycles. The third kappa shape index (κ3) is 2.63. The molecule has 0 aromatic heterocycles. The van der Waals surface area contributed by atoms with E-state index in [1.54, 1.807) is 0 Å². The molecule has 1 aromatic carbocycles. The Hall–Kier alpha value is -1.05. The lowest BCUT2D eigenvalue weighted by Gasteiger charge is -2.46. The van der Waals surface area contributed by atoms with E-state index in [2.05, 4.69) is 0 Å². The van der Waals surface area contributed by atoms with E-state index in [1.807, 2.05) is 6.92 Å². The van der Waals surface area contributed by atoms with Gasteiger partial charge in [-0.15, -0.1) is 0 Å². The predicted molar refractivity (Wildman–Crippen MR) is 66.9 cm³/mol. The highest BCUT2D eigenvalue weighted by atomic mass is 32.2. The zero-order chi connectivity index (χ0) is 14.3. The van der Waals surface area contributed by atoms with Crippen LogP contribution < -0.4 is 5.73 Å². The largest absolute Gasteiger partial charge is 0.323 e. The first-order valence-electron chi connectivity index (χ1n) is 6.02. The Morgan fingerprint density at radius 2 is 2.00 bits per heavy atom. The number of hydrogen-bond donors (Lipinski definition) is 1. The lowest BCUT2D eigenvalue weighted by molar-refractivity contribution is 0.146. The summed E-state index contributed by atoms with van der Waals surface area (Å²) >= 11 is 0. The summed E-state index contributed by atoms with van der Waals surface area (Å²) in [5.74, 6) is -1.88. The Balaban J connectivity index is 2.21. The van der Waals surface area contributed by atoms with Crippen molar-refractivity contribution in [2.45, 2.75) is 30.2 Å². The number of halogens is 2. The highest BCUT2D eigenvalue weighted by molar-refractivity contribution is 7.89. The molecular formula is C12H16F2N2O2S. The van der Waals surface area contributed by atoms with Gasteiger partial charge in [-0.1, -0.05) is 13.3 Å². The molecule has 1 aromatic rings. The molecule has 0 spiro atoms. The third-order valence-electron chi connectivity index (χ3n) is 3.24. The summed E-state index contributed by atoms with van der Waals surface area (Å²) in [5, 5.41) is 0. The van der Waals surface area contributed by atoms with Crippen LogP contribution >= 0.6 is 0 Å². The molecule has 0 atom stereocenters. The quantitative estimate of drug-likeness (QED) is 0.913. The first-order chi connectivity index (χ1) is 8.78. The molecule has 2 N–H and O–H groups in total. The van der Waals surface area contributed by atoms with Crippen molar-refractivity contribution >= 4 is 10.0 Å². The van der Waals surface area contributed by atoms with Crippen molar-refractivity contribution in [3.63, 3.8) is 0 Å². The topological polar surface area (TPSA) is 63.4 Å². The maximum atomic E-state index is 13.5. The summed E-state index contributed by atoms with van der Waals surface area (Å²) in [6.45, 7) is 2.30. The molecule has 0 bridgehead atoms. The van der Waals surface area contributed by atoms with E-state index in [9.17, 15) is 17.2 Å². The van der Waals surface area contributed by atoms with Crippen molar-refractivity contribution in [3.8, 4) is 0 Å². The minimum Gasteiger partial charge on any atom is -0.323 e. The minimum atomic E-state index is -3.93. The SMILES string of the molecule is CCCC1(N)CN(S(=O)(=O)c2ccc(F)cc2F)C1. The summed E-state index contributed by atoms with van der Waals surface area (Å²) in [6, 6.07) is 2.43. The average Bonchev–Trinajstić information content (AvgIpc) is 2.25. The van der Waals surface area contributed by atoms with Crippen LogP contribution in [0.25, 0.3) is 0 Å². The lowest BCUT2D eigenvalue weighted by atomic mass is 9.89. The van der Waals surface area contributed by atoms with Gasteiger partial charge in [-0.05, 0) is 18.6 Å². The highest BCUT2D eigenvalue weighted by Crippen LogP contribution is 2.30. The number of nitrogens with zero attached hydrogens (tertiary/aromatic N) is 1. The molecule has 0 unspecified atom stereocenters. The van der Waals surface area contributed by atoms with Crippen molar-refractivity contribution in [1.29, 1.82) is 0 Å². The van der Waals surface area contributed by atoms with Gasteiger partial charge in [0.15, 0.2) is 0 Å². The second-order valence-electron chi connectivity index (χ2n) is 4.96. The maximum Gasteiger partial charge on any atom is 0.246 e. The molecule has 0 amide bonds. The van der Waals surface area contributed by atoms with Crippen molar-refractivity contribution in [3.05, 3.63) is 29.8 Å². The van der Waals surface area contributed by atoms with Crippen LogP contribution in [0.3, 0.4) is 0 Å². The summed E-state index contributed by atoms with van der Waals surface area (Å²) in [7, 11) is -3.93. The van der Waals surface area contributed by atoms with Crippen LogP contribution in [0.4, 0.5) is 8.78 Å². The summed E-state index contributed by atoms with van der Waals surface area (Å²) in [4.78, 5) is -0.507. The fourth-order valence-corrected chi connectivity index (χ4v) is 3.98. The number of nitrogens with two attached hydrogens (primary N) is 1. The zero-order valence-electron chi connectivity index (χ0n) is 10.6. The molecule has 1 saturated heterocycles. The fourth-order valence-electron chi connectivity index (χ4n) is 2.31. The Morgan fingerprint density at radius 1 is 1.37 bits per heavy atom. The van der Waals surface area contributed by atoms with Gasteiger partial charge in [0.05, 0.1) is 0 Å². The van der Waals surface area contributed by atoms with Gasteiger partial charge in [-0.3, -0.25) is 0 Å². The molecule has 0 saturated carbocycles. The maximum absolute atomic E-state index is 13.5. The molecule has 4 nitrogen and oxygen atoms in total. The van der Waals surface area contributed by atoms with E-state index >= 15 is 0 Å². The average molecular weight is 290 g/mol. The molecule has 2 rings (SSSR count). The van der Waals surface area contributed by atoms with Gasteiger partial charge in [0, 0.05) is 24.7 Å². The van der Waals surface area contributed by atoms with E-state index in [0.717, 1.165) is 22.9 Å². The molecule has 1 aliphatic heterocycles. The number of benzene rings is 1. The van der Waals surface area contributed by atoms with Crippen molar-refractivity contribution in [1.82, 2.24) is 4.31 Å². The number of rotatable bonds is 4. The van der Waals surface area contributed by atoms with Crippen LogP contribution in [-0.4, -0.2) is 31.4 Å². The molecule has 19 heavy (non-hydrogen) atoms. The molecule has 1 fully saturated rings. The summed E-state index contributed by atoms with van der Waals surface area (Å²) in [6.07, 6.45) is 1.57. The van der Waals surface area contributed by atoms with Crippen LogP contribution in [0.5, 0.6) is 0 Å². The number of hydrogen-bond acceptors (Lipinski definition) is 3. The fraction of sp³-hybridized carbons (Fsp3) is 0.500. The summed E-state index contributed by atoms with van der Waals surface area (Å²) < 4.78 is 51.7. The zero-order valence-corrected chi connectivity index (χ0v) is 11.4. The van der Waals surface area contributed by atoms with Gasteiger partial charge in [0.25, 0.3) is 0 Å². The third-order valence-corrected chi connectivity index (χ3v) is 5.07. The molecule has 1 heterocycles. The molecular weight excluding hydrogens is 274 g/mol. The van der Waals surface area contributed by atoms with E-state index in [4.69, 9.17) is 5.73 Å². The summed E-state index contributed by atoms with van der Waals surface area (Å²) in [5.41, 5.74) is 5.45. The van der Waals surface area contributed by atoms with Crippen molar-refractivity contribution in [2.75, 3.05) is 13.1 Å².